The van der Waals surface area contributed by atoms with Gasteiger partial charge < -0.3 is 24.8 Å². The third kappa shape index (κ3) is 8.64. The number of piperidine rings is 2. The zero-order chi connectivity index (χ0) is 34.5. The van der Waals surface area contributed by atoms with Gasteiger partial charge in [-0.3, -0.25) is 14.6 Å². The highest BCUT2D eigenvalue weighted by Gasteiger charge is 2.36. The van der Waals surface area contributed by atoms with Gasteiger partial charge in [-0.15, -0.1) is 0 Å². The molecule has 0 aliphatic carbocycles. The molecule has 6 rings (SSSR count). The molecule has 3 fully saturated rings. The molecule has 0 bridgehead atoms. The molecule has 2 aromatic rings. The number of para-hydroxylation sites is 1. The lowest BCUT2D eigenvalue weighted by atomic mass is 10.00. The van der Waals surface area contributed by atoms with Gasteiger partial charge in [0.15, 0.2) is 6.10 Å². The first-order valence-electron chi connectivity index (χ1n) is 18.0. The number of rotatable bonds is 8. The van der Waals surface area contributed by atoms with Crippen molar-refractivity contribution < 1.29 is 19.1 Å². The van der Waals surface area contributed by atoms with E-state index in [2.05, 4.69) is 29.0 Å². The number of nitrogens with zero attached hydrogens (tertiary/aromatic N) is 5. The Bertz CT molecular complexity index is 1470. The number of fused-ring (bicyclic) bond motifs is 1. The minimum absolute atomic E-state index is 0.0197. The van der Waals surface area contributed by atoms with Crippen LogP contribution in [0, 0.1) is 0 Å². The van der Waals surface area contributed by atoms with Gasteiger partial charge in [0, 0.05) is 89.1 Å². The van der Waals surface area contributed by atoms with Gasteiger partial charge in [-0.2, -0.15) is 0 Å². The van der Waals surface area contributed by atoms with Crippen LogP contribution in [-0.4, -0.2) is 126 Å². The van der Waals surface area contributed by atoms with Crippen LogP contribution in [0.2, 0.25) is 10.0 Å². The number of hydrogen-bond donors (Lipinski definition) is 1. The van der Waals surface area contributed by atoms with Crippen molar-refractivity contribution in [3.8, 4) is 0 Å². The topological polar surface area (TPSA) is 88.7 Å². The number of amides is 4. The first kappa shape index (κ1) is 35.8. The second-order valence-electron chi connectivity index (χ2n) is 14.0. The zero-order valence-corrected chi connectivity index (χ0v) is 30.3. The Balaban J connectivity index is 1.05. The molecular formula is C37H50Cl2N6O4. The van der Waals surface area contributed by atoms with Gasteiger partial charge >= 0.3 is 12.1 Å². The Morgan fingerprint density at radius 3 is 2.22 bits per heavy atom. The number of nitrogens with one attached hydrogen (secondary N) is 1. The molecule has 49 heavy (non-hydrogen) atoms. The second-order valence-corrected chi connectivity index (χ2v) is 14.8. The van der Waals surface area contributed by atoms with Gasteiger partial charge in [0.25, 0.3) is 5.91 Å². The van der Waals surface area contributed by atoms with Crippen molar-refractivity contribution in [3.05, 3.63) is 63.6 Å². The largest absolute Gasteiger partial charge is 0.436 e. The van der Waals surface area contributed by atoms with E-state index in [1.807, 2.05) is 40.1 Å². The number of ether oxygens (including phenoxy) is 1. The summed E-state index contributed by atoms with van der Waals surface area (Å²) in [6.07, 6.45) is 3.78. The van der Waals surface area contributed by atoms with Crippen LogP contribution in [0.4, 0.5) is 15.3 Å². The predicted molar refractivity (Wildman–Crippen MR) is 193 cm³/mol. The summed E-state index contributed by atoms with van der Waals surface area (Å²) in [5, 5.41) is 3.88. The minimum atomic E-state index is -0.979. The van der Waals surface area contributed by atoms with Crippen LogP contribution in [0.3, 0.4) is 0 Å². The lowest BCUT2D eigenvalue weighted by molar-refractivity contribution is -0.142. The highest BCUT2D eigenvalue weighted by Crippen LogP contribution is 2.27. The van der Waals surface area contributed by atoms with E-state index in [9.17, 15) is 14.4 Å². The summed E-state index contributed by atoms with van der Waals surface area (Å²) in [5.41, 5.74) is 2.76. The molecule has 12 heteroatoms. The van der Waals surface area contributed by atoms with E-state index in [1.54, 1.807) is 17.0 Å². The predicted octanol–water partition coefficient (Wildman–Crippen LogP) is 6.00. The van der Waals surface area contributed by atoms with Crippen molar-refractivity contribution in [2.45, 2.75) is 83.0 Å². The summed E-state index contributed by atoms with van der Waals surface area (Å²) in [6.45, 7) is 11.7. The van der Waals surface area contributed by atoms with Crippen LogP contribution < -0.4 is 5.32 Å². The van der Waals surface area contributed by atoms with Crippen LogP contribution in [0.1, 0.15) is 57.1 Å². The summed E-state index contributed by atoms with van der Waals surface area (Å²) in [5.74, 6) is -0.171. The number of benzene rings is 2. The van der Waals surface area contributed by atoms with E-state index in [0.717, 1.165) is 62.3 Å². The molecule has 0 spiro atoms. The van der Waals surface area contributed by atoms with Crippen molar-refractivity contribution in [1.29, 1.82) is 0 Å². The molecule has 266 valence electrons. The molecule has 3 saturated heterocycles. The molecule has 10 nitrogen and oxygen atoms in total. The number of likely N-dealkylation sites (tertiary alicyclic amines) is 2. The summed E-state index contributed by atoms with van der Waals surface area (Å²) in [6, 6.07) is 14.2. The maximum absolute atomic E-state index is 14.0. The van der Waals surface area contributed by atoms with Crippen LogP contribution in [0.15, 0.2) is 42.5 Å². The fourth-order valence-electron chi connectivity index (χ4n) is 7.81. The van der Waals surface area contributed by atoms with E-state index in [-0.39, 0.29) is 24.4 Å². The molecular weight excluding hydrogens is 663 g/mol. The third-order valence-corrected chi connectivity index (χ3v) is 11.8. The normalized spacial score (nSPS) is 21.5. The van der Waals surface area contributed by atoms with Gasteiger partial charge in [-0.25, -0.2) is 9.59 Å². The third-order valence-electron chi connectivity index (χ3n) is 11.1. The first-order valence-corrected chi connectivity index (χ1v) is 18.8. The number of urea groups is 1. The van der Waals surface area contributed by atoms with Crippen LogP contribution in [0.25, 0.3) is 0 Å². The first-order chi connectivity index (χ1) is 23.7. The molecule has 2 atom stereocenters. The van der Waals surface area contributed by atoms with Gasteiger partial charge in [-0.1, -0.05) is 54.4 Å². The summed E-state index contributed by atoms with van der Waals surface area (Å²) >= 11 is 12.5. The molecule has 1 N–H and O–H groups in total. The summed E-state index contributed by atoms with van der Waals surface area (Å²) < 4.78 is 6.04. The molecule has 4 aliphatic rings. The number of halogens is 2. The van der Waals surface area contributed by atoms with Crippen molar-refractivity contribution >= 4 is 46.9 Å². The van der Waals surface area contributed by atoms with Crippen molar-refractivity contribution in [3.63, 3.8) is 0 Å². The minimum Gasteiger partial charge on any atom is -0.436 e. The monoisotopic (exact) mass is 712 g/mol. The number of carbonyl (C=O) groups is 3. The van der Waals surface area contributed by atoms with Gasteiger partial charge in [0.2, 0.25) is 0 Å². The van der Waals surface area contributed by atoms with Crippen LogP contribution in [0.5, 0.6) is 0 Å². The molecule has 0 saturated carbocycles. The van der Waals surface area contributed by atoms with E-state index in [4.69, 9.17) is 27.9 Å². The van der Waals surface area contributed by atoms with Crippen LogP contribution >= 0.6 is 23.2 Å². The number of hydrogen-bond acceptors (Lipinski definition) is 6. The van der Waals surface area contributed by atoms with Crippen molar-refractivity contribution in [2.75, 3.05) is 64.2 Å². The highest BCUT2D eigenvalue weighted by atomic mass is 35.5. The smallest absolute Gasteiger partial charge is 0.410 e. The SMILES string of the molecule is CCC(C)N1CCN(C2CCN(C(=O)[C@@H](Cc3ccc(Cl)c(Cl)c3)OC(=O)N3CCC(N4CCc5ccccc5NC4=O)CC3)CC2)CC1. The molecule has 4 amide bonds. The molecule has 0 aromatic heterocycles. The molecule has 4 aliphatic heterocycles. The average Bonchev–Trinajstić information content (AvgIpc) is 3.30. The highest BCUT2D eigenvalue weighted by molar-refractivity contribution is 6.42. The van der Waals surface area contributed by atoms with Gasteiger partial charge in [0.1, 0.15) is 0 Å². The maximum atomic E-state index is 14.0. The average molecular weight is 714 g/mol. The molecule has 1 unspecified atom stereocenters. The Hall–Kier alpha value is -3.05. The fraction of sp³-hybridized carbons (Fsp3) is 0.595. The standard InChI is InChI=1S/C37H50Cl2N6O4/c1-3-26(2)41-20-22-42(23-21-41)29-11-15-43(16-12-29)35(46)34(25-27-8-9-31(38)32(39)24-27)49-37(48)44-17-13-30(14-18-44)45-19-10-28-6-4-5-7-33(28)40-36(45)47/h4-9,24,26,29-30,34H,3,10-23,25H2,1-2H3,(H,40,47)/t26?,34-/m1/s1. The molecule has 2 aromatic carbocycles. The zero-order valence-electron chi connectivity index (χ0n) is 28.8. The molecule has 4 heterocycles. The Morgan fingerprint density at radius 1 is 0.857 bits per heavy atom. The van der Waals surface area contributed by atoms with Crippen molar-refractivity contribution in [2.24, 2.45) is 0 Å². The quantitative estimate of drug-likeness (QED) is 0.361. The lowest BCUT2D eigenvalue weighted by Crippen LogP contribution is -2.56. The van der Waals surface area contributed by atoms with Crippen LogP contribution in [-0.2, 0) is 22.4 Å². The van der Waals surface area contributed by atoms with E-state index in [0.29, 0.717) is 67.7 Å². The number of carbonyl (C=O) groups excluding carboxylic acids is 3. The Morgan fingerprint density at radius 2 is 1.53 bits per heavy atom. The second kappa shape index (κ2) is 16.3. The van der Waals surface area contributed by atoms with Crippen molar-refractivity contribution in [1.82, 2.24) is 24.5 Å². The number of anilines is 1. The van der Waals surface area contributed by atoms with Gasteiger partial charge in [-0.05, 0) is 74.8 Å². The fourth-order valence-corrected chi connectivity index (χ4v) is 8.13. The van der Waals surface area contributed by atoms with E-state index in [1.165, 1.54) is 6.42 Å². The molecule has 0 radical (unpaired) electrons. The van der Waals surface area contributed by atoms with E-state index >= 15 is 0 Å². The Labute approximate surface area is 300 Å². The maximum Gasteiger partial charge on any atom is 0.410 e. The summed E-state index contributed by atoms with van der Waals surface area (Å²) in [7, 11) is 0. The van der Waals surface area contributed by atoms with Gasteiger partial charge in [0.05, 0.1) is 10.0 Å². The lowest BCUT2D eigenvalue weighted by Gasteiger charge is -2.44. The van der Waals surface area contributed by atoms with E-state index < -0.39 is 12.2 Å². The number of piperazine rings is 1. The summed E-state index contributed by atoms with van der Waals surface area (Å²) in [4.78, 5) is 51.3. The Kier molecular flexibility index (Phi) is 11.9.